The normalized spacial score (nSPS) is 11.6. The minimum Gasteiger partial charge on any atom is -0.486 e. The second kappa shape index (κ2) is 9.14. The molecule has 7 heteroatoms. The first-order valence-electron chi connectivity index (χ1n) is 8.82. The van der Waals surface area contributed by atoms with Crippen molar-refractivity contribution in [1.82, 2.24) is 10.2 Å². The Bertz CT molecular complexity index is 865. The molecule has 0 radical (unpaired) electrons. The van der Waals surface area contributed by atoms with Crippen molar-refractivity contribution >= 4 is 28.2 Å². The third-order valence-electron chi connectivity index (χ3n) is 4.14. The van der Waals surface area contributed by atoms with Crippen molar-refractivity contribution < 1.29 is 9.53 Å². The van der Waals surface area contributed by atoms with Gasteiger partial charge in [0.2, 0.25) is 5.13 Å². The highest BCUT2D eigenvalue weighted by molar-refractivity contribution is 7.15. The minimum absolute atomic E-state index is 0.308. The number of ether oxygens (including phenoxy) is 1. The molecule has 0 bridgehead atoms. The van der Waals surface area contributed by atoms with Crippen LogP contribution >= 0.6 is 11.3 Å². The molecule has 1 aromatic heterocycles. The lowest BCUT2D eigenvalue weighted by atomic mass is 9.99. The summed E-state index contributed by atoms with van der Waals surface area (Å²) in [5, 5.41) is 14.6. The minimum atomic E-state index is -0.356. The third-order valence-corrected chi connectivity index (χ3v) is 4.95. The summed E-state index contributed by atoms with van der Waals surface area (Å²) >= 11 is 1.28. The van der Waals surface area contributed by atoms with E-state index in [9.17, 15) is 4.79 Å². The van der Waals surface area contributed by atoms with Gasteiger partial charge in [-0.3, -0.25) is 5.32 Å². The van der Waals surface area contributed by atoms with Crippen LogP contribution in [0.5, 0.6) is 5.75 Å². The SMILES string of the molecule is CCC(C)c1ccc(OCc2nnc(NC(=O)Nc3ccccc3)s2)cc1. The number of para-hydroxylation sites is 1. The maximum atomic E-state index is 12.0. The van der Waals surface area contributed by atoms with Crippen molar-refractivity contribution in [1.29, 1.82) is 0 Å². The molecule has 3 rings (SSSR count). The molecule has 0 saturated carbocycles. The molecular formula is C20H22N4O2S. The predicted molar refractivity (Wildman–Crippen MR) is 108 cm³/mol. The van der Waals surface area contributed by atoms with Gasteiger partial charge in [0.1, 0.15) is 12.4 Å². The Morgan fingerprint density at radius 3 is 2.52 bits per heavy atom. The van der Waals surface area contributed by atoms with E-state index in [2.05, 4.69) is 46.8 Å². The molecule has 140 valence electrons. The molecule has 0 aliphatic rings. The Balaban J connectivity index is 1.50. The van der Waals surface area contributed by atoms with Crippen LogP contribution < -0.4 is 15.4 Å². The average Bonchev–Trinajstić information content (AvgIpc) is 3.14. The molecule has 0 aliphatic carbocycles. The maximum Gasteiger partial charge on any atom is 0.325 e. The molecule has 0 spiro atoms. The third kappa shape index (κ3) is 5.52. The van der Waals surface area contributed by atoms with Gasteiger partial charge in [0.25, 0.3) is 0 Å². The van der Waals surface area contributed by atoms with Crippen LogP contribution in [0.15, 0.2) is 54.6 Å². The topological polar surface area (TPSA) is 76.1 Å². The molecule has 0 fully saturated rings. The number of hydrogen-bond acceptors (Lipinski definition) is 5. The molecular weight excluding hydrogens is 360 g/mol. The van der Waals surface area contributed by atoms with Crippen LogP contribution in [0, 0.1) is 0 Å². The van der Waals surface area contributed by atoms with Crippen LogP contribution in [-0.2, 0) is 6.61 Å². The van der Waals surface area contributed by atoms with Gasteiger partial charge >= 0.3 is 6.03 Å². The highest BCUT2D eigenvalue weighted by atomic mass is 32.1. The quantitative estimate of drug-likeness (QED) is 0.583. The van der Waals surface area contributed by atoms with Gasteiger partial charge in [0.05, 0.1) is 0 Å². The maximum absolute atomic E-state index is 12.0. The van der Waals surface area contributed by atoms with E-state index >= 15 is 0 Å². The average molecular weight is 382 g/mol. The number of anilines is 2. The fraction of sp³-hybridized carbons (Fsp3) is 0.250. The summed E-state index contributed by atoms with van der Waals surface area (Å²) in [6.45, 7) is 4.69. The van der Waals surface area contributed by atoms with E-state index in [0.29, 0.717) is 28.4 Å². The first-order valence-corrected chi connectivity index (χ1v) is 9.64. The molecule has 2 aromatic carbocycles. The molecule has 3 aromatic rings. The Hall–Kier alpha value is -2.93. The number of amides is 2. The summed E-state index contributed by atoms with van der Waals surface area (Å²) in [5.74, 6) is 1.33. The van der Waals surface area contributed by atoms with Gasteiger partial charge in [-0.25, -0.2) is 4.79 Å². The molecule has 1 atom stereocenters. The first-order chi connectivity index (χ1) is 13.1. The van der Waals surface area contributed by atoms with Gasteiger partial charge in [-0.1, -0.05) is 55.5 Å². The van der Waals surface area contributed by atoms with Crippen molar-refractivity contribution in [3.63, 3.8) is 0 Å². The number of carbonyl (C=O) groups is 1. The fourth-order valence-electron chi connectivity index (χ4n) is 2.42. The van der Waals surface area contributed by atoms with Crippen LogP contribution in [0.3, 0.4) is 0 Å². The van der Waals surface area contributed by atoms with Crippen molar-refractivity contribution in [3.05, 3.63) is 65.2 Å². The smallest absolute Gasteiger partial charge is 0.325 e. The van der Waals surface area contributed by atoms with Crippen molar-refractivity contribution in [2.45, 2.75) is 32.8 Å². The molecule has 27 heavy (non-hydrogen) atoms. The molecule has 6 nitrogen and oxygen atoms in total. The van der Waals surface area contributed by atoms with Gasteiger partial charge in [-0.15, -0.1) is 10.2 Å². The summed E-state index contributed by atoms with van der Waals surface area (Å²) in [4.78, 5) is 12.0. The Labute approximate surface area is 162 Å². The van der Waals surface area contributed by atoms with Gasteiger partial charge in [0, 0.05) is 5.69 Å². The van der Waals surface area contributed by atoms with Crippen LogP contribution in [0.25, 0.3) is 0 Å². The lowest BCUT2D eigenvalue weighted by Gasteiger charge is -2.10. The monoisotopic (exact) mass is 382 g/mol. The van der Waals surface area contributed by atoms with E-state index in [0.717, 1.165) is 12.2 Å². The van der Waals surface area contributed by atoms with Crippen LogP contribution in [-0.4, -0.2) is 16.2 Å². The zero-order chi connectivity index (χ0) is 19.1. The molecule has 0 aliphatic heterocycles. The first kappa shape index (κ1) is 18.8. The van der Waals surface area contributed by atoms with Gasteiger partial charge < -0.3 is 10.1 Å². The van der Waals surface area contributed by atoms with Crippen LogP contribution in [0.2, 0.25) is 0 Å². The van der Waals surface area contributed by atoms with Crippen LogP contribution in [0.1, 0.15) is 36.8 Å². The van der Waals surface area contributed by atoms with Crippen molar-refractivity contribution in [2.75, 3.05) is 10.6 Å². The number of carbonyl (C=O) groups excluding carboxylic acids is 1. The van der Waals surface area contributed by atoms with Crippen molar-refractivity contribution in [3.8, 4) is 5.75 Å². The van der Waals surface area contributed by atoms with E-state index in [4.69, 9.17) is 4.74 Å². The number of rotatable bonds is 7. The second-order valence-electron chi connectivity index (χ2n) is 6.11. The number of nitrogens with zero attached hydrogens (tertiary/aromatic N) is 2. The highest BCUT2D eigenvalue weighted by Crippen LogP contribution is 2.23. The summed E-state index contributed by atoms with van der Waals surface area (Å²) in [7, 11) is 0. The fourth-order valence-corrected chi connectivity index (χ4v) is 3.06. The summed E-state index contributed by atoms with van der Waals surface area (Å²) in [5.41, 5.74) is 2.01. The standard InChI is InChI=1S/C20H22N4O2S/c1-3-14(2)15-9-11-17(12-10-15)26-13-18-23-24-20(27-18)22-19(25)21-16-7-5-4-6-8-16/h4-12,14H,3,13H2,1-2H3,(H2,21,22,24,25). The second-order valence-corrected chi connectivity index (χ2v) is 7.18. The summed E-state index contributed by atoms with van der Waals surface area (Å²) < 4.78 is 5.75. The Kier molecular flexibility index (Phi) is 6.38. The number of benzene rings is 2. The van der Waals surface area contributed by atoms with E-state index in [1.807, 2.05) is 42.5 Å². The summed E-state index contributed by atoms with van der Waals surface area (Å²) in [6, 6.07) is 17.0. The van der Waals surface area contributed by atoms with Gasteiger partial charge in [-0.2, -0.15) is 0 Å². The summed E-state index contributed by atoms with van der Waals surface area (Å²) in [6.07, 6.45) is 1.11. The van der Waals surface area contributed by atoms with Crippen LogP contribution in [0.4, 0.5) is 15.6 Å². The van der Waals surface area contributed by atoms with E-state index < -0.39 is 0 Å². The zero-order valence-corrected chi connectivity index (χ0v) is 16.1. The predicted octanol–water partition coefficient (Wildman–Crippen LogP) is 5.27. The molecule has 1 unspecified atom stereocenters. The van der Waals surface area contributed by atoms with Gasteiger partial charge in [0.15, 0.2) is 5.01 Å². The molecule has 2 N–H and O–H groups in total. The molecule has 0 saturated heterocycles. The lowest BCUT2D eigenvalue weighted by Crippen LogP contribution is -2.19. The van der Waals surface area contributed by atoms with E-state index in [-0.39, 0.29) is 6.03 Å². The van der Waals surface area contributed by atoms with E-state index in [1.165, 1.54) is 16.9 Å². The van der Waals surface area contributed by atoms with Crippen molar-refractivity contribution in [2.24, 2.45) is 0 Å². The Morgan fingerprint density at radius 2 is 1.81 bits per heavy atom. The zero-order valence-electron chi connectivity index (χ0n) is 15.3. The molecule has 2 amide bonds. The number of aromatic nitrogens is 2. The number of urea groups is 1. The largest absolute Gasteiger partial charge is 0.486 e. The lowest BCUT2D eigenvalue weighted by molar-refractivity contribution is 0.262. The Morgan fingerprint density at radius 1 is 1.07 bits per heavy atom. The van der Waals surface area contributed by atoms with E-state index in [1.54, 1.807) is 0 Å². The highest BCUT2D eigenvalue weighted by Gasteiger charge is 2.09. The van der Waals surface area contributed by atoms with Gasteiger partial charge in [-0.05, 0) is 42.2 Å². The number of hydrogen-bond donors (Lipinski definition) is 2. The number of nitrogens with one attached hydrogen (secondary N) is 2. The molecule has 1 heterocycles.